The van der Waals surface area contributed by atoms with Gasteiger partial charge in [0.15, 0.2) is 0 Å². The molecule has 2 aromatic rings. The first-order valence-electron chi connectivity index (χ1n) is 8.16. The first-order chi connectivity index (χ1) is 12.1. The van der Waals surface area contributed by atoms with E-state index in [-0.39, 0.29) is 11.8 Å². The summed E-state index contributed by atoms with van der Waals surface area (Å²) in [6.45, 7) is 2.19. The van der Waals surface area contributed by atoms with Crippen LogP contribution in [-0.2, 0) is 11.3 Å². The third-order valence-electron chi connectivity index (χ3n) is 4.63. The van der Waals surface area contributed by atoms with Crippen molar-refractivity contribution >= 4 is 17.6 Å². The maximum absolute atomic E-state index is 12.1. The largest absolute Gasteiger partial charge is 0.465 e. The number of likely N-dealkylation sites (tertiary alicyclic amines) is 1. The molecular weight excluding hydrogens is 336 g/mol. The first-order valence-corrected chi connectivity index (χ1v) is 8.54. The van der Waals surface area contributed by atoms with Gasteiger partial charge >= 0.3 is 5.97 Å². The van der Waals surface area contributed by atoms with Gasteiger partial charge in [0, 0.05) is 30.6 Å². The van der Waals surface area contributed by atoms with Crippen LogP contribution in [-0.4, -0.2) is 31.1 Å². The topological polar surface area (TPSA) is 53.3 Å². The average molecular weight is 355 g/mol. The molecule has 0 N–H and O–H groups in total. The molecule has 0 aromatic heterocycles. The summed E-state index contributed by atoms with van der Waals surface area (Å²) < 4.78 is 4.89. The second kappa shape index (κ2) is 7.69. The number of nitriles is 1. The molecule has 5 heteroatoms. The van der Waals surface area contributed by atoms with Gasteiger partial charge in [-0.15, -0.1) is 0 Å². The summed E-state index contributed by atoms with van der Waals surface area (Å²) in [4.78, 5) is 14.4. The zero-order valence-electron chi connectivity index (χ0n) is 14.0. The molecule has 0 aliphatic carbocycles. The average Bonchev–Trinajstić information content (AvgIpc) is 3.04. The number of halogens is 1. The van der Waals surface area contributed by atoms with Gasteiger partial charge in [0.1, 0.15) is 0 Å². The zero-order valence-corrected chi connectivity index (χ0v) is 14.7. The molecular formula is C20H19ClN2O2. The van der Waals surface area contributed by atoms with Crippen LogP contribution in [0.5, 0.6) is 0 Å². The lowest BCUT2D eigenvalue weighted by Gasteiger charge is -2.18. The number of rotatable bonds is 4. The molecule has 0 radical (unpaired) electrons. The van der Waals surface area contributed by atoms with Crippen LogP contribution in [0.4, 0.5) is 0 Å². The Morgan fingerprint density at radius 2 is 2.04 bits per heavy atom. The SMILES string of the molecule is COC(=O)c1cc(Cl)ccc1[C@H]1CN(Cc2ccccc2)C[C@@H]1C#N. The third kappa shape index (κ3) is 3.84. The molecule has 128 valence electrons. The molecule has 25 heavy (non-hydrogen) atoms. The highest BCUT2D eigenvalue weighted by molar-refractivity contribution is 6.31. The Morgan fingerprint density at radius 1 is 1.28 bits per heavy atom. The van der Waals surface area contributed by atoms with Gasteiger partial charge in [-0.2, -0.15) is 5.26 Å². The van der Waals surface area contributed by atoms with E-state index in [1.165, 1.54) is 12.7 Å². The third-order valence-corrected chi connectivity index (χ3v) is 4.87. The highest BCUT2D eigenvalue weighted by Crippen LogP contribution is 2.36. The van der Waals surface area contributed by atoms with Gasteiger partial charge in [0.2, 0.25) is 0 Å². The van der Waals surface area contributed by atoms with Crippen molar-refractivity contribution in [1.82, 2.24) is 4.90 Å². The van der Waals surface area contributed by atoms with Gasteiger partial charge in [0.25, 0.3) is 0 Å². The van der Waals surface area contributed by atoms with E-state index in [1.54, 1.807) is 12.1 Å². The molecule has 2 atom stereocenters. The molecule has 1 saturated heterocycles. The summed E-state index contributed by atoms with van der Waals surface area (Å²) >= 11 is 6.05. The second-order valence-electron chi connectivity index (χ2n) is 6.24. The summed E-state index contributed by atoms with van der Waals surface area (Å²) in [5.74, 6) is -0.635. The minimum absolute atomic E-state index is 0.0416. The molecule has 1 aliphatic heterocycles. The fraction of sp³-hybridized carbons (Fsp3) is 0.300. The highest BCUT2D eigenvalue weighted by Gasteiger charge is 2.36. The summed E-state index contributed by atoms with van der Waals surface area (Å²) in [6.07, 6.45) is 0. The quantitative estimate of drug-likeness (QED) is 0.782. The van der Waals surface area contributed by atoms with Crippen molar-refractivity contribution in [2.45, 2.75) is 12.5 Å². The Morgan fingerprint density at radius 3 is 2.72 bits per heavy atom. The fourth-order valence-corrected chi connectivity index (χ4v) is 3.61. The second-order valence-corrected chi connectivity index (χ2v) is 6.68. The van der Waals surface area contributed by atoms with Crippen LogP contribution in [0.2, 0.25) is 5.02 Å². The molecule has 1 aliphatic rings. The summed E-state index contributed by atoms with van der Waals surface area (Å²) in [7, 11) is 1.35. The Hall–Kier alpha value is -2.35. The van der Waals surface area contributed by atoms with Crippen molar-refractivity contribution in [1.29, 1.82) is 5.26 Å². The van der Waals surface area contributed by atoms with E-state index in [0.29, 0.717) is 17.1 Å². The molecule has 2 aromatic carbocycles. The Balaban J connectivity index is 1.87. The lowest BCUT2D eigenvalue weighted by Crippen LogP contribution is -2.20. The van der Waals surface area contributed by atoms with E-state index in [4.69, 9.17) is 16.3 Å². The minimum Gasteiger partial charge on any atom is -0.465 e. The van der Waals surface area contributed by atoms with Crippen molar-refractivity contribution in [2.24, 2.45) is 5.92 Å². The Bertz CT molecular complexity index is 801. The predicted molar refractivity (Wildman–Crippen MR) is 96.4 cm³/mol. The van der Waals surface area contributed by atoms with Gasteiger partial charge in [0.05, 0.1) is 24.7 Å². The fourth-order valence-electron chi connectivity index (χ4n) is 3.44. The minimum atomic E-state index is -0.421. The summed E-state index contributed by atoms with van der Waals surface area (Å²) in [5, 5.41) is 10.1. The maximum atomic E-state index is 12.1. The zero-order chi connectivity index (χ0) is 17.8. The number of methoxy groups -OCH3 is 1. The predicted octanol–water partition coefficient (Wildman–Crippen LogP) is 3.87. The lowest BCUT2D eigenvalue weighted by molar-refractivity contribution is 0.0598. The molecule has 0 unspecified atom stereocenters. The van der Waals surface area contributed by atoms with Gasteiger partial charge < -0.3 is 4.74 Å². The van der Waals surface area contributed by atoms with Crippen molar-refractivity contribution in [2.75, 3.05) is 20.2 Å². The Kier molecular flexibility index (Phi) is 5.37. The number of carbonyl (C=O) groups excluding carboxylic acids is 1. The van der Waals surface area contributed by atoms with Gasteiger partial charge in [-0.25, -0.2) is 4.79 Å². The molecule has 0 bridgehead atoms. The van der Waals surface area contributed by atoms with Crippen LogP contribution >= 0.6 is 11.6 Å². The number of nitrogens with zero attached hydrogens (tertiary/aromatic N) is 2. The van der Waals surface area contributed by atoms with Crippen LogP contribution in [0.3, 0.4) is 0 Å². The van der Waals surface area contributed by atoms with Crippen molar-refractivity contribution in [3.8, 4) is 6.07 Å². The van der Waals surface area contributed by atoms with Crippen molar-refractivity contribution in [3.05, 3.63) is 70.2 Å². The van der Waals surface area contributed by atoms with E-state index in [2.05, 4.69) is 23.1 Å². The van der Waals surface area contributed by atoms with E-state index >= 15 is 0 Å². The van der Waals surface area contributed by atoms with Crippen molar-refractivity contribution in [3.63, 3.8) is 0 Å². The maximum Gasteiger partial charge on any atom is 0.338 e. The first kappa shape index (κ1) is 17.5. The van der Waals surface area contributed by atoms with E-state index < -0.39 is 5.97 Å². The van der Waals surface area contributed by atoms with E-state index in [1.807, 2.05) is 24.3 Å². The van der Waals surface area contributed by atoms with Gasteiger partial charge in [-0.05, 0) is 23.3 Å². The monoisotopic (exact) mass is 354 g/mol. The molecule has 4 nitrogen and oxygen atoms in total. The molecule has 0 amide bonds. The molecule has 3 rings (SSSR count). The van der Waals surface area contributed by atoms with Gasteiger partial charge in [-0.3, -0.25) is 4.90 Å². The van der Waals surface area contributed by atoms with Crippen LogP contribution in [0.1, 0.15) is 27.4 Å². The molecule has 1 heterocycles. The number of carbonyl (C=O) groups is 1. The smallest absolute Gasteiger partial charge is 0.338 e. The van der Waals surface area contributed by atoms with Crippen LogP contribution in [0.25, 0.3) is 0 Å². The van der Waals surface area contributed by atoms with Crippen LogP contribution in [0.15, 0.2) is 48.5 Å². The number of hydrogen-bond donors (Lipinski definition) is 0. The number of esters is 1. The number of ether oxygens (including phenoxy) is 1. The van der Waals surface area contributed by atoms with E-state index in [9.17, 15) is 10.1 Å². The normalized spacial score (nSPS) is 20.2. The molecule has 1 fully saturated rings. The number of hydrogen-bond acceptors (Lipinski definition) is 4. The van der Waals surface area contributed by atoms with Crippen LogP contribution < -0.4 is 0 Å². The van der Waals surface area contributed by atoms with Gasteiger partial charge in [-0.1, -0.05) is 48.0 Å². The van der Waals surface area contributed by atoms with Crippen LogP contribution in [0, 0.1) is 17.2 Å². The summed E-state index contributed by atoms with van der Waals surface area (Å²) in [5.41, 5.74) is 2.49. The van der Waals surface area contributed by atoms with E-state index in [0.717, 1.165) is 18.7 Å². The highest BCUT2D eigenvalue weighted by atomic mass is 35.5. The van der Waals surface area contributed by atoms with Crippen molar-refractivity contribution < 1.29 is 9.53 Å². The Labute approximate surface area is 152 Å². The summed E-state index contributed by atoms with van der Waals surface area (Å²) in [6, 6.07) is 17.8. The lowest BCUT2D eigenvalue weighted by atomic mass is 9.87. The molecule has 0 spiro atoms. The molecule has 0 saturated carbocycles. The standard InChI is InChI=1S/C20H19ClN2O2/c1-25-20(24)18-9-16(21)7-8-17(18)19-13-23(12-15(19)10-22)11-14-5-3-2-4-6-14/h2-9,15,19H,11-13H2,1H3/t15-,19-/m0/s1. The number of benzene rings is 2.